The van der Waals surface area contributed by atoms with Crippen molar-refractivity contribution in [3.8, 4) is 11.5 Å². The van der Waals surface area contributed by atoms with E-state index in [2.05, 4.69) is 15.6 Å². The van der Waals surface area contributed by atoms with Crippen LogP contribution in [0.1, 0.15) is 17.4 Å². The quantitative estimate of drug-likeness (QED) is 0.655. The second kappa shape index (κ2) is 7.18. The number of aromatic amines is 1. The summed E-state index contributed by atoms with van der Waals surface area (Å²) in [5.74, 6) is 0.677. The van der Waals surface area contributed by atoms with Gasteiger partial charge in [0.15, 0.2) is 0 Å². The first kappa shape index (κ1) is 17.3. The lowest BCUT2D eigenvalue weighted by Gasteiger charge is -2.12. The molecule has 1 heterocycles. The Morgan fingerprint density at radius 3 is 2.46 bits per heavy atom. The monoisotopic (exact) mass is 353 g/mol. The summed E-state index contributed by atoms with van der Waals surface area (Å²) < 4.78 is 10.5. The lowest BCUT2D eigenvalue weighted by atomic mass is 10.2. The Balaban J connectivity index is 1.88. The number of methoxy groups -OCH3 is 2. The van der Waals surface area contributed by atoms with Crippen LogP contribution in [0, 0.1) is 0 Å². The molecule has 0 unspecified atom stereocenters. The standard InChI is InChI=1S/C19H19N3O4/c1-11(23)20-13-5-7-18(26-3)16(9-13)22-19(24)17-8-12-4-6-14(25-2)10-15(12)21-17/h4-10,21H,1-3H3,(H,20,23)(H,22,24). The summed E-state index contributed by atoms with van der Waals surface area (Å²) in [6, 6.07) is 12.3. The lowest BCUT2D eigenvalue weighted by Crippen LogP contribution is -2.14. The number of ether oxygens (including phenoxy) is 2. The van der Waals surface area contributed by atoms with Gasteiger partial charge in [0.2, 0.25) is 5.91 Å². The van der Waals surface area contributed by atoms with Gasteiger partial charge in [0.25, 0.3) is 5.91 Å². The largest absolute Gasteiger partial charge is 0.497 e. The predicted octanol–water partition coefficient (Wildman–Crippen LogP) is 3.40. The summed E-state index contributed by atoms with van der Waals surface area (Å²) in [6.07, 6.45) is 0. The molecule has 0 saturated carbocycles. The second-order valence-corrected chi connectivity index (χ2v) is 5.69. The molecule has 0 aliphatic heterocycles. The van der Waals surface area contributed by atoms with Crippen LogP contribution in [0.5, 0.6) is 11.5 Å². The number of hydrogen-bond acceptors (Lipinski definition) is 4. The normalized spacial score (nSPS) is 10.4. The Morgan fingerprint density at radius 2 is 1.77 bits per heavy atom. The Morgan fingerprint density at radius 1 is 0.962 bits per heavy atom. The van der Waals surface area contributed by atoms with Crippen LogP contribution in [0.2, 0.25) is 0 Å². The second-order valence-electron chi connectivity index (χ2n) is 5.69. The first-order chi connectivity index (χ1) is 12.5. The third-order valence-corrected chi connectivity index (χ3v) is 3.84. The van der Waals surface area contributed by atoms with Crippen molar-refractivity contribution in [3.63, 3.8) is 0 Å². The summed E-state index contributed by atoms with van der Waals surface area (Å²) in [7, 11) is 3.10. The highest BCUT2D eigenvalue weighted by Crippen LogP contribution is 2.29. The maximum absolute atomic E-state index is 12.6. The van der Waals surface area contributed by atoms with Crippen molar-refractivity contribution in [1.82, 2.24) is 4.98 Å². The minimum atomic E-state index is -0.321. The van der Waals surface area contributed by atoms with Crippen LogP contribution in [-0.4, -0.2) is 31.0 Å². The SMILES string of the molecule is COc1ccc2cc(C(=O)Nc3cc(NC(C)=O)ccc3OC)[nH]c2c1. The van der Waals surface area contributed by atoms with Crippen LogP contribution in [0.25, 0.3) is 10.9 Å². The molecular formula is C19H19N3O4. The van der Waals surface area contributed by atoms with E-state index in [0.717, 1.165) is 10.9 Å². The summed E-state index contributed by atoms with van der Waals surface area (Å²) in [4.78, 5) is 26.9. The van der Waals surface area contributed by atoms with E-state index in [-0.39, 0.29) is 11.8 Å². The van der Waals surface area contributed by atoms with Crippen molar-refractivity contribution < 1.29 is 19.1 Å². The number of nitrogens with one attached hydrogen (secondary N) is 3. The molecule has 0 saturated heterocycles. The van der Waals surface area contributed by atoms with E-state index in [9.17, 15) is 9.59 Å². The van der Waals surface area contributed by atoms with E-state index in [1.54, 1.807) is 31.4 Å². The number of anilines is 2. The molecule has 0 fully saturated rings. The number of carbonyl (C=O) groups excluding carboxylic acids is 2. The summed E-state index contributed by atoms with van der Waals surface area (Å²) in [5.41, 5.74) is 2.23. The summed E-state index contributed by atoms with van der Waals surface area (Å²) in [5, 5.41) is 6.38. The van der Waals surface area contributed by atoms with Crippen molar-refractivity contribution in [2.45, 2.75) is 6.92 Å². The van der Waals surface area contributed by atoms with E-state index in [0.29, 0.717) is 28.6 Å². The fourth-order valence-electron chi connectivity index (χ4n) is 2.63. The van der Waals surface area contributed by atoms with Gasteiger partial charge in [0, 0.05) is 29.6 Å². The third-order valence-electron chi connectivity index (χ3n) is 3.84. The smallest absolute Gasteiger partial charge is 0.272 e. The van der Waals surface area contributed by atoms with Crippen LogP contribution in [-0.2, 0) is 4.79 Å². The highest BCUT2D eigenvalue weighted by molar-refractivity contribution is 6.07. The van der Waals surface area contributed by atoms with Gasteiger partial charge in [-0.3, -0.25) is 9.59 Å². The van der Waals surface area contributed by atoms with Gasteiger partial charge in [-0.25, -0.2) is 0 Å². The van der Waals surface area contributed by atoms with E-state index >= 15 is 0 Å². The average Bonchev–Trinajstić information content (AvgIpc) is 3.04. The third kappa shape index (κ3) is 3.61. The summed E-state index contributed by atoms with van der Waals surface area (Å²) in [6.45, 7) is 1.42. The number of amides is 2. The fourth-order valence-corrected chi connectivity index (χ4v) is 2.63. The lowest BCUT2D eigenvalue weighted by molar-refractivity contribution is -0.114. The van der Waals surface area contributed by atoms with Crippen LogP contribution in [0.4, 0.5) is 11.4 Å². The van der Waals surface area contributed by atoms with Crippen molar-refractivity contribution in [2.75, 3.05) is 24.9 Å². The van der Waals surface area contributed by atoms with Gasteiger partial charge in [0.1, 0.15) is 17.2 Å². The van der Waals surface area contributed by atoms with E-state index in [4.69, 9.17) is 9.47 Å². The van der Waals surface area contributed by atoms with Gasteiger partial charge < -0.3 is 25.1 Å². The Hall–Kier alpha value is -3.48. The van der Waals surface area contributed by atoms with Gasteiger partial charge >= 0.3 is 0 Å². The number of carbonyl (C=O) groups is 2. The number of fused-ring (bicyclic) bond motifs is 1. The minimum absolute atomic E-state index is 0.197. The first-order valence-corrected chi connectivity index (χ1v) is 7.94. The number of H-pyrrole nitrogens is 1. The van der Waals surface area contributed by atoms with Crippen LogP contribution in [0.3, 0.4) is 0 Å². The number of benzene rings is 2. The topological polar surface area (TPSA) is 92.5 Å². The highest BCUT2D eigenvalue weighted by Gasteiger charge is 2.14. The molecule has 0 spiro atoms. The molecule has 0 atom stereocenters. The predicted molar refractivity (Wildman–Crippen MR) is 100 cm³/mol. The van der Waals surface area contributed by atoms with Gasteiger partial charge in [0.05, 0.1) is 19.9 Å². The maximum atomic E-state index is 12.6. The highest BCUT2D eigenvalue weighted by atomic mass is 16.5. The Kier molecular flexibility index (Phi) is 4.79. The molecule has 1 aromatic heterocycles. The van der Waals surface area contributed by atoms with Crippen molar-refractivity contribution >= 4 is 34.1 Å². The van der Waals surface area contributed by atoms with Gasteiger partial charge in [-0.15, -0.1) is 0 Å². The Labute approximate surface area is 150 Å². The molecule has 3 rings (SSSR count). The molecule has 3 aromatic rings. The molecule has 7 heteroatoms. The van der Waals surface area contributed by atoms with Crippen LogP contribution < -0.4 is 20.1 Å². The Bertz CT molecular complexity index is 978. The van der Waals surface area contributed by atoms with Gasteiger partial charge in [-0.2, -0.15) is 0 Å². The van der Waals surface area contributed by atoms with Crippen LogP contribution >= 0.6 is 0 Å². The fraction of sp³-hybridized carbons (Fsp3) is 0.158. The van der Waals surface area contributed by atoms with Crippen molar-refractivity contribution in [2.24, 2.45) is 0 Å². The molecule has 2 amide bonds. The van der Waals surface area contributed by atoms with Gasteiger partial charge in [-0.1, -0.05) is 0 Å². The molecule has 0 aliphatic rings. The number of rotatable bonds is 5. The van der Waals surface area contributed by atoms with Gasteiger partial charge in [-0.05, 0) is 36.4 Å². The number of hydrogen-bond donors (Lipinski definition) is 3. The van der Waals surface area contributed by atoms with E-state index in [1.165, 1.54) is 14.0 Å². The van der Waals surface area contributed by atoms with E-state index in [1.807, 2.05) is 18.2 Å². The molecular weight excluding hydrogens is 334 g/mol. The zero-order chi connectivity index (χ0) is 18.7. The van der Waals surface area contributed by atoms with Crippen LogP contribution in [0.15, 0.2) is 42.5 Å². The average molecular weight is 353 g/mol. The van der Waals surface area contributed by atoms with Crippen molar-refractivity contribution in [1.29, 1.82) is 0 Å². The molecule has 134 valence electrons. The molecule has 0 bridgehead atoms. The zero-order valence-corrected chi connectivity index (χ0v) is 14.7. The minimum Gasteiger partial charge on any atom is -0.497 e. The molecule has 2 aromatic carbocycles. The molecule has 3 N–H and O–H groups in total. The molecule has 7 nitrogen and oxygen atoms in total. The first-order valence-electron chi connectivity index (χ1n) is 7.94. The van der Waals surface area contributed by atoms with Crippen molar-refractivity contribution in [3.05, 3.63) is 48.2 Å². The maximum Gasteiger partial charge on any atom is 0.272 e. The van der Waals surface area contributed by atoms with E-state index < -0.39 is 0 Å². The number of aromatic nitrogens is 1. The molecule has 26 heavy (non-hydrogen) atoms. The molecule has 0 aliphatic carbocycles. The molecule has 0 radical (unpaired) electrons. The zero-order valence-electron chi connectivity index (χ0n) is 14.7. The summed E-state index contributed by atoms with van der Waals surface area (Å²) >= 11 is 0.